The summed E-state index contributed by atoms with van der Waals surface area (Å²) >= 11 is 0. The largest absolute Gasteiger partial charge is 0.490 e. The monoisotopic (exact) mass is 375 g/mol. The molecule has 0 radical (unpaired) electrons. The molecule has 0 heterocycles. The number of hydrogen-bond acceptors (Lipinski definition) is 3. The van der Waals surface area contributed by atoms with Crippen LogP contribution in [0.25, 0.3) is 6.08 Å². The SMILES string of the molecule is CCOc1ccc(CCNC(=O)/C=C/c2c(F)cccc2F)cc1OCC. The first kappa shape index (κ1) is 20.4. The van der Waals surface area contributed by atoms with E-state index in [1.807, 2.05) is 32.0 Å². The van der Waals surface area contributed by atoms with Crippen LogP contribution in [-0.4, -0.2) is 25.7 Å². The molecule has 0 aliphatic heterocycles. The summed E-state index contributed by atoms with van der Waals surface area (Å²) in [6.07, 6.45) is 2.83. The van der Waals surface area contributed by atoms with Crippen molar-refractivity contribution in [1.29, 1.82) is 0 Å². The summed E-state index contributed by atoms with van der Waals surface area (Å²) < 4.78 is 38.1. The third-order valence-electron chi connectivity index (χ3n) is 3.72. The first-order chi connectivity index (χ1) is 13.0. The summed E-state index contributed by atoms with van der Waals surface area (Å²) in [5.74, 6) is -0.498. The van der Waals surface area contributed by atoms with Gasteiger partial charge in [-0.15, -0.1) is 0 Å². The minimum absolute atomic E-state index is 0.236. The quantitative estimate of drug-likeness (QED) is 0.671. The van der Waals surface area contributed by atoms with Gasteiger partial charge in [-0.25, -0.2) is 8.78 Å². The molecule has 0 saturated heterocycles. The first-order valence-electron chi connectivity index (χ1n) is 8.83. The van der Waals surface area contributed by atoms with E-state index < -0.39 is 17.5 Å². The number of halogens is 2. The average Bonchev–Trinajstić information content (AvgIpc) is 2.64. The van der Waals surface area contributed by atoms with Crippen molar-refractivity contribution in [3.05, 3.63) is 65.2 Å². The van der Waals surface area contributed by atoms with Crippen LogP contribution >= 0.6 is 0 Å². The minimum atomic E-state index is -0.711. The molecule has 0 spiro atoms. The highest BCUT2D eigenvalue weighted by Gasteiger charge is 2.07. The van der Waals surface area contributed by atoms with Crippen molar-refractivity contribution >= 4 is 12.0 Å². The van der Waals surface area contributed by atoms with Gasteiger partial charge in [0.2, 0.25) is 5.91 Å². The second-order valence-corrected chi connectivity index (χ2v) is 5.66. The highest BCUT2D eigenvalue weighted by molar-refractivity contribution is 5.91. The number of carbonyl (C=O) groups excluding carboxylic acids is 1. The second-order valence-electron chi connectivity index (χ2n) is 5.66. The smallest absolute Gasteiger partial charge is 0.244 e. The molecule has 2 aromatic rings. The Bertz CT molecular complexity index is 786. The van der Waals surface area contributed by atoms with E-state index in [9.17, 15) is 13.6 Å². The van der Waals surface area contributed by atoms with E-state index >= 15 is 0 Å². The molecule has 0 aliphatic rings. The van der Waals surface area contributed by atoms with Gasteiger partial charge in [-0.2, -0.15) is 0 Å². The Morgan fingerprint density at radius 2 is 1.70 bits per heavy atom. The Kier molecular flexibility index (Phi) is 7.79. The van der Waals surface area contributed by atoms with Crippen molar-refractivity contribution in [3.8, 4) is 11.5 Å². The summed E-state index contributed by atoms with van der Waals surface area (Å²) in [7, 11) is 0. The number of hydrogen-bond donors (Lipinski definition) is 1. The van der Waals surface area contributed by atoms with Gasteiger partial charge >= 0.3 is 0 Å². The summed E-state index contributed by atoms with van der Waals surface area (Å²) in [5, 5.41) is 2.69. The molecule has 1 N–H and O–H groups in total. The third kappa shape index (κ3) is 6.09. The molecule has 2 aromatic carbocycles. The van der Waals surface area contributed by atoms with E-state index in [4.69, 9.17) is 9.47 Å². The van der Waals surface area contributed by atoms with E-state index in [1.165, 1.54) is 6.07 Å². The highest BCUT2D eigenvalue weighted by atomic mass is 19.1. The van der Waals surface area contributed by atoms with Gasteiger partial charge < -0.3 is 14.8 Å². The molecule has 4 nitrogen and oxygen atoms in total. The lowest BCUT2D eigenvalue weighted by atomic mass is 10.1. The Morgan fingerprint density at radius 3 is 2.37 bits per heavy atom. The van der Waals surface area contributed by atoms with Gasteiger partial charge in [-0.05, 0) is 56.2 Å². The maximum Gasteiger partial charge on any atom is 0.244 e. The van der Waals surface area contributed by atoms with Crippen LogP contribution in [0, 0.1) is 11.6 Å². The number of carbonyl (C=O) groups is 1. The van der Waals surface area contributed by atoms with Crippen molar-refractivity contribution in [2.45, 2.75) is 20.3 Å². The van der Waals surface area contributed by atoms with Crippen LogP contribution in [0.2, 0.25) is 0 Å². The zero-order chi connectivity index (χ0) is 19.6. The van der Waals surface area contributed by atoms with Gasteiger partial charge in [0.1, 0.15) is 11.6 Å². The number of benzene rings is 2. The van der Waals surface area contributed by atoms with Crippen LogP contribution in [0.5, 0.6) is 11.5 Å². The molecule has 144 valence electrons. The lowest BCUT2D eigenvalue weighted by molar-refractivity contribution is -0.116. The summed E-state index contributed by atoms with van der Waals surface area (Å²) in [6, 6.07) is 9.18. The zero-order valence-electron chi connectivity index (χ0n) is 15.4. The van der Waals surface area contributed by atoms with Gasteiger partial charge in [-0.1, -0.05) is 12.1 Å². The van der Waals surface area contributed by atoms with Gasteiger partial charge in [-0.3, -0.25) is 4.79 Å². The molecule has 0 aromatic heterocycles. The fraction of sp³-hybridized carbons (Fsp3) is 0.286. The third-order valence-corrected chi connectivity index (χ3v) is 3.72. The van der Waals surface area contributed by atoms with Crippen LogP contribution < -0.4 is 14.8 Å². The van der Waals surface area contributed by atoms with Crippen LogP contribution in [-0.2, 0) is 11.2 Å². The van der Waals surface area contributed by atoms with Crippen LogP contribution in [0.15, 0.2) is 42.5 Å². The lowest BCUT2D eigenvalue weighted by Gasteiger charge is -2.12. The molecular formula is C21H23F2NO3. The van der Waals surface area contributed by atoms with Crippen molar-refractivity contribution in [2.75, 3.05) is 19.8 Å². The van der Waals surface area contributed by atoms with Gasteiger partial charge in [0.15, 0.2) is 11.5 Å². The van der Waals surface area contributed by atoms with Crippen molar-refractivity contribution < 1.29 is 23.0 Å². The molecule has 0 saturated carbocycles. The van der Waals surface area contributed by atoms with E-state index in [0.29, 0.717) is 37.7 Å². The Hall–Kier alpha value is -2.89. The minimum Gasteiger partial charge on any atom is -0.490 e. The molecule has 27 heavy (non-hydrogen) atoms. The molecule has 6 heteroatoms. The number of ether oxygens (including phenoxy) is 2. The lowest BCUT2D eigenvalue weighted by Crippen LogP contribution is -2.23. The topological polar surface area (TPSA) is 47.6 Å². The van der Waals surface area contributed by atoms with Crippen molar-refractivity contribution in [2.24, 2.45) is 0 Å². The maximum absolute atomic E-state index is 13.5. The van der Waals surface area contributed by atoms with Crippen molar-refractivity contribution in [3.63, 3.8) is 0 Å². The van der Waals surface area contributed by atoms with E-state index in [1.54, 1.807) is 0 Å². The summed E-state index contributed by atoms with van der Waals surface area (Å²) in [4.78, 5) is 11.9. The molecule has 0 fully saturated rings. The Balaban J connectivity index is 1.91. The predicted octanol–water partition coefficient (Wildman–Crippen LogP) is 4.13. The molecule has 0 bridgehead atoms. The predicted molar refractivity (Wildman–Crippen MR) is 101 cm³/mol. The van der Waals surface area contributed by atoms with E-state index in [-0.39, 0.29) is 5.56 Å². The average molecular weight is 375 g/mol. The molecule has 1 amide bonds. The molecule has 0 unspecified atom stereocenters. The number of amides is 1. The van der Waals surface area contributed by atoms with Crippen LogP contribution in [0.1, 0.15) is 25.0 Å². The fourth-order valence-corrected chi connectivity index (χ4v) is 2.47. The van der Waals surface area contributed by atoms with E-state index in [2.05, 4.69) is 5.32 Å². The fourth-order valence-electron chi connectivity index (χ4n) is 2.47. The normalized spacial score (nSPS) is 10.8. The number of nitrogens with one attached hydrogen (secondary N) is 1. The second kappa shape index (κ2) is 10.3. The van der Waals surface area contributed by atoms with Crippen LogP contribution in [0.3, 0.4) is 0 Å². The van der Waals surface area contributed by atoms with Gasteiger partial charge in [0.25, 0.3) is 0 Å². The Morgan fingerprint density at radius 1 is 1.04 bits per heavy atom. The van der Waals surface area contributed by atoms with E-state index in [0.717, 1.165) is 29.8 Å². The number of rotatable bonds is 9. The maximum atomic E-state index is 13.5. The molecular weight excluding hydrogens is 352 g/mol. The molecule has 2 rings (SSSR count). The van der Waals surface area contributed by atoms with Crippen molar-refractivity contribution in [1.82, 2.24) is 5.32 Å². The summed E-state index contributed by atoms with van der Waals surface area (Å²) in [6.45, 7) is 5.25. The first-order valence-corrected chi connectivity index (χ1v) is 8.83. The molecule has 0 aliphatic carbocycles. The standard InChI is InChI=1S/C21H23F2NO3/c1-3-26-19-10-8-15(14-20(19)27-4-2)12-13-24-21(25)11-9-16-17(22)6-5-7-18(16)23/h5-11,14H,3-4,12-13H2,1-2H3,(H,24,25)/b11-9+. The molecule has 0 atom stereocenters. The van der Waals surface area contributed by atoms with Gasteiger partial charge in [0, 0.05) is 18.2 Å². The van der Waals surface area contributed by atoms with Crippen LogP contribution in [0.4, 0.5) is 8.78 Å². The highest BCUT2D eigenvalue weighted by Crippen LogP contribution is 2.28. The van der Waals surface area contributed by atoms with Gasteiger partial charge in [0.05, 0.1) is 13.2 Å². The summed E-state index contributed by atoms with van der Waals surface area (Å²) in [5.41, 5.74) is 0.742. The Labute approximate surface area is 157 Å². The zero-order valence-corrected chi connectivity index (χ0v) is 15.4.